The number of nitrogens with zero attached hydrogens (tertiary/aromatic N) is 4. The highest BCUT2D eigenvalue weighted by atomic mass is 16.5. The van der Waals surface area contributed by atoms with E-state index in [-0.39, 0.29) is 12.1 Å². The van der Waals surface area contributed by atoms with E-state index in [0.29, 0.717) is 30.4 Å². The molecule has 0 amide bonds. The zero-order valence-electron chi connectivity index (χ0n) is 8.95. The molecule has 7 heteroatoms. The van der Waals surface area contributed by atoms with Gasteiger partial charge in [0.1, 0.15) is 12.0 Å². The van der Waals surface area contributed by atoms with E-state index >= 15 is 0 Å². The van der Waals surface area contributed by atoms with Crippen molar-refractivity contribution < 1.29 is 9.63 Å². The molecule has 3 heterocycles. The third kappa shape index (κ3) is 2.02. The van der Waals surface area contributed by atoms with Crippen molar-refractivity contribution in [3.63, 3.8) is 0 Å². The van der Waals surface area contributed by atoms with Crippen LogP contribution in [0.1, 0.15) is 18.4 Å². The molecule has 0 unspecified atom stereocenters. The van der Waals surface area contributed by atoms with Crippen molar-refractivity contribution in [1.82, 2.24) is 25.4 Å². The van der Waals surface area contributed by atoms with E-state index in [9.17, 15) is 5.11 Å². The SMILES string of the molecule is O[C@H]1CN[C@@H](c2nc(-c3ccncn3)no2)C1. The van der Waals surface area contributed by atoms with Gasteiger partial charge in [-0.3, -0.25) is 0 Å². The first-order valence-corrected chi connectivity index (χ1v) is 5.34. The molecular formula is C10H11N5O2. The Balaban J connectivity index is 1.84. The van der Waals surface area contributed by atoms with Crippen molar-refractivity contribution in [3.8, 4) is 11.5 Å². The Labute approximate surface area is 96.9 Å². The molecule has 1 aliphatic heterocycles. The highest BCUT2D eigenvalue weighted by Crippen LogP contribution is 2.23. The molecule has 1 fully saturated rings. The van der Waals surface area contributed by atoms with Crippen molar-refractivity contribution in [1.29, 1.82) is 0 Å². The normalized spacial score (nSPS) is 24.1. The van der Waals surface area contributed by atoms with Crippen LogP contribution in [0.4, 0.5) is 0 Å². The van der Waals surface area contributed by atoms with Crippen molar-refractivity contribution >= 4 is 0 Å². The third-order valence-electron chi connectivity index (χ3n) is 2.66. The Morgan fingerprint density at radius 1 is 1.47 bits per heavy atom. The van der Waals surface area contributed by atoms with Crippen LogP contribution in [0.25, 0.3) is 11.5 Å². The topological polar surface area (TPSA) is 97.0 Å². The van der Waals surface area contributed by atoms with Gasteiger partial charge < -0.3 is 14.9 Å². The molecule has 0 saturated carbocycles. The van der Waals surface area contributed by atoms with Gasteiger partial charge in [-0.2, -0.15) is 4.98 Å². The van der Waals surface area contributed by atoms with Crippen LogP contribution in [0.5, 0.6) is 0 Å². The maximum Gasteiger partial charge on any atom is 0.244 e. The fraction of sp³-hybridized carbons (Fsp3) is 0.400. The maximum atomic E-state index is 9.41. The summed E-state index contributed by atoms with van der Waals surface area (Å²) < 4.78 is 5.16. The van der Waals surface area contributed by atoms with E-state index in [1.54, 1.807) is 12.3 Å². The predicted octanol–water partition coefficient (Wildman–Crippen LogP) is -0.0781. The average Bonchev–Trinajstić information content (AvgIpc) is 2.98. The van der Waals surface area contributed by atoms with Crippen molar-refractivity contribution in [2.75, 3.05) is 6.54 Å². The van der Waals surface area contributed by atoms with Crippen molar-refractivity contribution in [3.05, 3.63) is 24.5 Å². The molecule has 17 heavy (non-hydrogen) atoms. The van der Waals surface area contributed by atoms with E-state index in [1.165, 1.54) is 6.33 Å². The lowest BCUT2D eigenvalue weighted by Gasteiger charge is -2.01. The van der Waals surface area contributed by atoms with Crippen LogP contribution in [0.15, 0.2) is 23.1 Å². The van der Waals surface area contributed by atoms with Gasteiger partial charge in [0, 0.05) is 12.7 Å². The molecule has 1 aliphatic rings. The Morgan fingerprint density at radius 2 is 2.41 bits per heavy atom. The molecule has 7 nitrogen and oxygen atoms in total. The zero-order valence-corrected chi connectivity index (χ0v) is 8.95. The highest BCUT2D eigenvalue weighted by Gasteiger charge is 2.28. The summed E-state index contributed by atoms with van der Waals surface area (Å²) in [5.74, 6) is 0.917. The van der Waals surface area contributed by atoms with Crippen LogP contribution < -0.4 is 5.32 Å². The first kappa shape index (κ1) is 10.3. The molecule has 2 N–H and O–H groups in total. The van der Waals surface area contributed by atoms with Gasteiger partial charge in [0.2, 0.25) is 11.7 Å². The second-order valence-electron chi connectivity index (χ2n) is 3.90. The molecule has 0 aromatic carbocycles. The average molecular weight is 233 g/mol. The van der Waals surface area contributed by atoms with Gasteiger partial charge in [-0.05, 0) is 12.5 Å². The van der Waals surface area contributed by atoms with Crippen LogP contribution in [-0.4, -0.2) is 37.9 Å². The van der Waals surface area contributed by atoms with E-state index in [1.807, 2.05) is 0 Å². The molecule has 88 valence electrons. The summed E-state index contributed by atoms with van der Waals surface area (Å²) >= 11 is 0. The quantitative estimate of drug-likeness (QED) is 0.748. The summed E-state index contributed by atoms with van der Waals surface area (Å²) in [6.45, 7) is 0.551. The molecule has 0 bridgehead atoms. The van der Waals surface area contributed by atoms with Gasteiger partial charge in [-0.25, -0.2) is 9.97 Å². The molecule has 0 aliphatic carbocycles. The number of β-amino-alcohol motifs (C(OH)–C–C–N with tert-alkyl or cyclic N) is 1. The fourth-order valence-corrected chi connectivity index (χ4v) is 1.81. The molecular weight excluding hydrogens is 222 g/mol. The standard InChI is InChI=1S/C10H11N5O2/c16-6-3-8(12-4-6)10-14-9(15-17-10)7-1-2-11-5-13-7/h1-2,5-6,8,12,16H,3-4H2/t6-,8-/m1/s1. The minimum Gasteiger partial charge on any atom is -0.392 e. The third-order valence-corrected chi connectivity index (χ3v) is 2.66. The summed E-state index contributed by atoms with van der Waals surface area (Å²) in [4.78, 5) is 12.1. The van der Waals surface area contributed by atoms with Crippen LogP contribution in [0, 0.1) is 0 Å². The summed E-state index contributed by atoms with van der Waals surface area (Å²) in [5, 5.41) is 16.4. The predicted molar refractivity (Wildman–Crippen MR) is 56.7 cm³/mol. The van der Waals surface area contributed by atoms with Gasteiger partial charge in [-0.1, -0.05) is 5.16 Å². The minimum absolute atomic E-state index is 0.0758. The summed E-state index contributed by atoms with van der Waals surface area (Å²) in [6.07, 6.45) is 3.29. The van der Waals surface area contributed by atoms with Crippen LogP contribution in [-0.2, 0) is 0 Å². The fourth-order valence-electron chi connectivity index (χ4n) is 1.81. The Bertz CT molecular complexity index is 500. The monoisotopic (exact) mass is 233 g/mol. The zero-order chi connectivity index (χ0) is 11.7. The first-order valence-electron chi connectivity index (χ1n) is 5.34. The van der Waals surface area contributed by atoms with Crippen LogP contribution >= 0.6 is 0 Å². The lowest BCUT2D eigenvalue weighted by atomic mass is 10.2. The Kier molecular flexibility index (Phi) is 2.54. The Morgan fingerprint density at radius 3 is 3.12 bits per heavy atom. The van der Waals surface area contributed by atoms with Gasteiger partial charge in [-0.15, -0.1) is 0 Å². The molecule has 2 atom stereocenters. The summed E-state index contributed by atoms with van der Waals surface area (Å²) in [5.41, 5.74) is 0.619. The molecule has 2 aromatic rings. The number of aromatic nitrogens is 4. The van der Waals surface area contributed by atoms with E-state index in [2.05, 4.69) is 25.4 Å². The second-order valence-corrected chi connectivity index (χ2v) is 3.90. The summed E-state index contributed by atoms with van der Waals surface area (Å²) in [7, 11) is 0. The number of hydrogen-bond acceptors (Lipinski definition) is 7. The molecule has 1 saturated heterocycles. The van der Waals surface area contributed by atoms with E-state index in [0.717, 1.165) is 0 Å². The molecule has 0 spiro atoms. The van der Waals surface area contributed by atoms with Crippen molar-refractivity contribution in [2.45, 2.75) is 18.6 Å². The van der Waals surface area contributed by atoms with E-state index in [4.69, 9.17) is 4.52 Å². The smallest absolute Gasteiger partial charge is 0.244 e. The molecule has 3 rings (SSSR count). The minimum atomic E-state index is -0.352. The second kappa shape index (κ2) is 4.19. The van der Waals surface area contributed by atoms with E-state index < -0.39 is 0 Å². The lowest BCUT2D eigenvalue weighted by molar-refractivity contribution is 0.191. The number of hydrogen-bond donors (Lipinski definition) is 2. The van der Waals surface area contributed by atoms with Crippen LogP contribution in [0.3, 0.4) is 0 Å². The first-order chi connectivity index (χ1) is 8.33. The maximum absolute atomic E-state index is 9.41. The Hall–Kier alpha value is -1.86. The summed E-state index contributed by atoms with van der Waals surface area (Å²) in [6, 6.07) is 1.64. The lowest BCUT2D eigenvalue weighted by Crippen LogP contribution is -2.15. The number of aliphatic hydroxyl groups is 1. The van der Waals surface area contributed by atoms with Crippen LogP contribution in [0.2, 0.25) is 0 Å². The highest BCUT2D eigenvalue weighted by molar-refractivity contribution is 5.46. The number of nitrogens with one attached hydrogen (secondary N) is 1. The number of aliphatic hydroxyl groups excluding tert-OH is 1. The van der Waals surface area contributed by atoms with Crippen molar-refractivity contribution in [2.24, 2.45) is 0 Å². The number of rotatable bonds is 2. The molecule has 0 radical (unpaired) electrons. The van der Waals surface area contributed by atoms with Gasteiger partial charge in [0.05, 0.1) is 12.1 Å². The largest absolute Gasteiger partial charge is 0.392 e. The van der Waals surface area contributed by atoms with Gasteiger partial charge >= 0.3 is 0 Å². The van der Waals surface area contributed by atoms with Gasteiger partial charge in [0.15, 0.2) is 0 Å². The van der Waals surface area contributed by atoms with Gasteiger partial charge in [0.25, 0.3) is 0 Å². The molecule has 2 aromatic heterocycles.